The summed E-state index contributed by atoms with van der Waals surface area (Å²) in [5.74, 6) is 0.0314. The molecular formula is C22H31N3O2. The first-order chi connectivity index (χ1) is 13.1. The number of hydrogen-bond acceptors (Lipinski definition) is 3. The molecule has 0 aliphatic carbocycles. The minimum absolute atomic E-state index is 0.0314. The number of rotatable bonds is 11. The average Bonchev–Trinajstić information content (AvgIpc) is 2.66. The van der Waals surface area contributed by atoms with Crippen molar-refractivity contribution in [1.82, 2.24) is 4.90 Å². The normalized spacial score (nSPS) is 10.9. The molecule has 0 spiro atoms. The van der Waals surface area contributed by atoms with Crippen molar-refractivity contribution in [2.75, 3.05) is 25.0 Å². The van der Waals surface area contributed by atoms with Crippen LogP contribution >= 0.6 is 0 Å². The van der Waals surface area contributed by atoms with Gasteiger partial charge in [-0.3, -0.25) is 0 Å². The first-order valence-corrected chi connectivity index (χ1v) is 9.73. The number of urea groups is 1. The number of nitrogens with one attached hydrogen (secondary N) is 1. The van der Waals surface area contributed by atoms with Crippen molar-refractivity contribution in [3.8, 4) is 5.75 Å². The molecule has 146 valence electrons. The fourth-order valence-corrected chi connectivity index (χ4v) is 3.22. The largest absolute Gasteiger partial charge is 0.506 e. The molecule has 0 aliphatic rings. The smallest absolute Gasteiger partial charge is 0.316 e. The van der Waals surface area contributed by atoms with Crippen LogP contribution in [-0.2, 0) is 12.8 Å². The van der Waals surface area contributed by atoms with Gasteiger partial charge in [0.05, 0.1) is 5.69 Å². The van der Waals surface area contributed by atoms with Crippen LogP contribution in [0.3, 0.4) is 0 Å². The second-order valence-electron chi connectivity index (χ2n) is 6.88. The van der Waals surface area contributed by atoms with E-state index >= 15 is 0 Å². The predicted molar refractivity (Wildman–Crippen MR) is 111 cm³/mol. The highest BCUT2D eigenvalue weighted by atomic mass is 16.3. The number of carbonyl (C=O) groups is 1. The van der Waals surface area contributed by atoms with Gasteiger partial charge >= 0.3 is 6.03 Å². The Bertz CT molecular complexity index is 704. The molecule has 4 N–H and O–H groups in total. The summed E-state index contributed by atoms with van der Waals surface area (Å²) in [5, 5.41) is 12.3. The van der Waals surface area contributed by atoms with Crippen LogP contribution in [0, 0.1) is 0 Å². The van der Waals surface area contributed by atoms with Crippen LogP contribution < -0.4 is 11.1 Å². The second-order valence-corrected chi connectivity index (χ2v) is 6.88. The van der Waals surface area contributed by atoms with E-state index in [1.807, 2.05) is 6.07 Å². The highest BCUT2D eigenvalue weighted by Gasteiger charge is 2.08. The summed E-state index contributed by atoms with van der Waals surface area (Å²) in [6.45, 7) is 5.33. The zero-order valence-corrected chi connectivity index (χ0v) is 16.2. The molecule has 0 unspecified atom stereocenters. The number of unbranched alkanes of at least 4 members (excludes halogenated alkanes) is 1. The van der Waals surface area contributed by atoms with Gasteiger partial charge in [0.2, 0.25) is 0 Å². The van der Waals surface area contributed by atoms with E-state index in [-0.39, 0.29) is 5.75 Å². The van der Waals surface area contributed by atoms with Gasteiger partial charge in [-0.1, -0.05) is 43.3 Å². The van der Waals surface area contributed by atoms with E-state index in [2.05, 4.69) is 47.5 Å². The Kier molecular flexibility index (Phi) is 8.65. The van der Waals surface area contributed by atoms with E-state index < -0.39 is 6.03 Å². The number of benzene rings is 2. The Morgan fingerprint density at radius 2 is 1.78 bits per heavy atom. The van der Waals surface area contributed by atoms with E-state index in [4.69, 9.17) is 5.73 Å². The number of carbonyl (C=O) groups excluding carboxylic acids is 1. The van der Waals surface area contributed by atoms with Crippen LogP contribution in [0.2, 0.25) is 0 Å². The number of nitrogens with zero attached hydrogens (tertiary/aromatic N) is 1. The fourth-order valence-electron chi connectivity index (χ4n) is 3.22. The molecule has 0 heterocycles. The van der Waals surface area contributed by atoms with Gasteiger partial charge in [-0.2, -0.15) is 0 Å². The Labute approximate surface area is 162 Å². The van der Waals surface area contributed by atoms with Gasteiger partial charge < -0.3 is 21.1 Å². The summed E-state index contributed by atoms with van der Waals surface area (Å²) in [6.07, 6.45) is 5.49. The molecule has 0 bridgehead atoms. The number of hydrogen-bond donors (Lipinski definition) is 3. The quantitative estimate of drug-likeness (QED) is 0.411. The summed E-state index contributed by atoms with van der Waals surface area (Å²) in [6, 6.07) is 15.2. The number of aromatic hydroxyl groups is 1. The van der Waals surface area contributed by atoms with Crippen molar-refractivity contribution in [3.05, 3.63) is 59.7 Å². The minimum Gasteiger partial charge on any atom is -0.506 e. The first-order valence-electron chi connectivity index (χ1n) is 9.73. The third-order valence-electron chi connectivity index (χ3n) is 4.61. The van der Waals surface area contributed by atoms with Gasteiger partial charge in [-0.05, 0) is 68.5 Å². The highest BCUT2D eigenvalue weighted by molar-refractivity contribution is 5.89. The second kappa shape index (κ2) is 11.2. The lowest BCUT2D eigenvalue weighted by atomic mass is 10.1. The topological polar surface area (TPSA) is 78.6 Å². The predicted octanol–water partition coefficient (Wildman–Crippen LogP) is 4.16. The maximum absolute atomic E-state index is 11.0. The number of nitrogens with two attached hydrogens (primary N) is 1. The Morgan fingerprint density at radius 3 is 2.48 bits per heavy atom. The van der Waals surface area contributed by atoms with E-state index in [9.17, 15) is 9.90 Å². The number of primary amides is 1. The molecule has 27 heavy (non-hydrogen) atoms. The maximum atomic E-state index is 11.0. The summed E-state index contributed by atoms with van der Waals surface area (Å²) in [7, 11) is 0. The molecule has 5 nitrogen and oxygen atoms in total. The Hall–Kier alpha value is -2.53. The molecule has 0 saturated heterocycles. The van der Waals surface area contributed by atoms with Gasteiger partial charge in [-0.15, -0.1) is 0 Å². The van der Waals surface area contributed by atoms with Gasteiger partial charge in [0, 0.05) is 6.54 Å². The fraction of sp³-hybridized carbons (Fsp3) is 0.409. The van der Waals surface area contributed by atoms with E-state index in [0.29, 0.717) is 5.69 Å². The maximum Gasteiger partial charge on any atom is 0.316 e. The van der Waals surface area contributed by atoms with Gasteiger partial charge in [0.15, 0.2) is 0 Å². The third-order valence-corrected chi connectivity index (χ3v) is 4.61. The minimum atomic E-state index is -0.673. The molecule has 2 aromatic carbocycles. The SMILES string of the molecule is CCCN(CCCCc1ccccc1)CCc1ccc(O)c(NC(N)=O)c1. The monoisotopic (exact) mass is 369 g/mol. The van der Waals surface area contributed by atoms with Crippen LogP contribution in [0.5, 0.6) is 5.75 Å². The van der Waals surface area contributed by atoms with E-state index in [0.717, 1.165) is 44.5 Å². The number of amides is 2. The molecule has 2 rings (SSSR count). The molecule has 2 amide bonds. The zero-order chi connectivity index (χ0) is 19.5. The standard InChI is InChI=1S/C22H31N3O2/c1-2-14-25(15-7-6-10-18-8-4-3-5-9-18)16-13-19-11-12-21(26)20(17-19)24-22(23)27/h3-5,8-9,11-12,17,26H,2,6-7,10,13-16H2,1H3,(H3,23,24,27). The molecule has 0 saturated carbocycles. The zero-order valence-electron chi connectivity index (χ0n) is 16.2. The number of phenols is 1. The summed E-state index contributed by atoms with van der Waals surface area (Å²) in [4.78, 5) is 13.5. The summed E-state index contributed by atoms with van der Waals surface area (Å²) >= 11 is 0. The van der Waals surface area contributed by atoms with Crippen molar-refractivity contribution >= 4 is 11.7 Å². The molecule has 5 heteroatoms. The van der Waals surface area contributed by atoms with Crippen LogP contribution in [0.25, 0.3) is 0 Å². The van der Waals surface area contributed by atoms with Crippen molar-refractivity contribution in [1.29, 1.82) is 0 Å². The van der Waals surface area contributed by atoms with Crippen LogP contribution in [0.4, 0.5) is 10.5 Å². The summed E-state index contributed by atoms with van der Waals surface area (Å²) < 4.78 is 0. The lowest BCUT2D eigenvalue weighted by molar-refractivity contribution is 0.259. The number of aryl methyl sites for hydroxylation is 1. The molecule has 0 aromatic heterocycles. The molecular weight excluding hydrogens is 338 g/mol. The molecule has 0 atom stereocenters. The van der Waals surface area contributed by atoms with Crippen LogP contribution in [-0.4, -0.2) is 35.7 Å². The lowest BCUT2D eigenvalue weighted by Crippen LogP contribution is -2.28. The number of phenolic OH excluding ortho intramolecular Hbond substituents is 1. The van der Waals surface area contributed by atoms with Crippen LogP contribution in [0.1, 0.15) is 37.3 Å². The Balaban J connectivity index is 1.80. The lowest BCUT2D eigenvalue weighted by Gasteiger charge is -2.22. The molecule has 0 fully saturated rings. The van der Waals surface area contributed by atoms with Crippen molar-refractivity contribution in [2.24, 2.45) is 5.73 Å². The van der Waals surface area contributed by atoms with Gasteiger partial charge in [0.25, 0.3) is 0 Å². The average molecular weight is 370 g/mol. The van der Waals surface area contributed by atoms with Crippen molar-refractivity contribution in [2.45, 2.75) is 39.0 Å². The molecule has 2 aromatic rings. The highest BCUT2D eigenvalue weighted by Crippen LogP contribution is 2.24. The van der Waals surface area contributed by atoms with Gasteiger partial charge in [-0.25, -0.2) is 4.79 Å². The number of anilines is 1. The molecule has 0 aliphatic heterocycles. The van der Waals surface area contributed by atoms with E-state index in [1.165, 1.54) is 18.4 Å². The van der Waals surface area contributed by atoms with Gasteiger partial charge in [0.1, 0.15) is 5.75 Å². The van der Waals surface area contributed by atoms with Crippen molar-refractivity contribution in [3.63, 3.8) is 0 Å². The third kappa shape index (κ3) is 7.71. The van der Waals surface area contributed by atoms with Crippen LogP contribution in [0.15, 0.2) is 48.5 Å². The van der Waals surface area contributed by atoms with E-state index in [1.54, 1.807) is 12.1 Å². The first kappa shape index (κ1) is 20.8. The van der Waals surface area contributed by atoms with Crippen molar-refractivity contribution < 1.29 is 9.90 Å². The molecule has 0 radical (unpaired) electrons. The Morgan fingerprint density at radius 1 is 1.00 bits per heavy atom. The summed E-state index contributed by atoms with van der Waals surface area (Å²) in [5.41, 5.74) is 7.98.